The number of hydrogen-bond donors (Lipinski definition) is 2. The molecule has 4 nitrogen and oxygen atoms in total. The van der Waals surface area contributed by atoms with Crippen LogP contribution in [0.25, 0.3) is 0 Å². The van der Waals surface area contributed by atoms with Crippen LogP contribution in [0.3, 0.4) is 0 Å². The largest absolute Gasteiger partial charge is 0.374 e. The second-order valence-electron chi connectivity index (χ2n) is 4.03. The molecule has 1 aliphatic heterocycles. The van der Waals surface area contributed by atoms with E-state index in [1.54, 1.807) is 0 Å². The Kier molecular flexibility index (Phi) is 4.68. The molecule has 1 atom stereocenters. The highest BCUT2D eigenvalue weighted by Crippen LogP contribution is 2.17. The summed E-state index contributed by atoms with van der Waals surface area (Å²) < 4.78 is 18.8. The molecule has 0 saturated carbocycles. The fourth-order valence-electron chi connectivity index (χ4n) is 1.73. The number of rotatable bonds is 3. The monoisotopic (exact) mass is 316 g/mol. The summed E-state index contributed by atoms with van der Waals surface area (Å²) >= 11 is 3.17. The first-order valence-corrected chi connectivity index (χ1v) is 6.51. The predicted molar refractivity (Wildman–Crippen MR) is 69.0 cm³/mol. The number of morpholine rings is 1. The van der Waals surface area contributed by atoms with E-state index >= 15 is 0 Å². The maximum atomic E-state index is 12.9. The molecule has 1 amide bonds. The molecule has 1 fully saturated rings. The van der Waals surface area contributed by atoms with Gasteiger partial charge in [-0.2, -0.15) is 0 Å². The van der Waals surface area contributed by atoms with E-state index in [2.05, 4.69) is 26.6 Å². The Bertz CT molecular complexity index is 436. The van der Waals surface area contributed by atoms with Gasteiger partial charge in [0, 0.05) is 24.1 Å². The molecule has 0 radical (unpaired) electrons. The van der Waals surface area contributed by atoms with E-state index in [9.17, 15) is 9.18 Å². The zero-order chi connectivity index (χ0) is 13.0. The van der Waals surface area contributed by atoms with Crippen molar-refractivity contribution >= 4 is 21.8 Å². The van der Waals surface area contributed by atoms with E-state index in [1.165, 1.54) is 18.2 Å². The van der Waals surface area contributed by atoms with E-state index in [-0.39, 0.29) is 17.8 Å². The minimum atomic E-state index is -0.377. The van der Waals surface area contributed by atoms with Crippen molar-refractivity contribution in [2.45, 2.75) is 6.10 Å². The summed E-state index contributed by atoms with van der Waals surface area (Å²) in [5.74, 6) is -0.616. The highest BCUT2D eigenvalue weighted by molar-refractivity contribution is 9.10. The fraction of sp³-hybridized carbons (Fsp3) is 0.417. The van der Waals surface area contributed by atoms with Crippen LogP contribution >= 0.6 is 15.9 Å². The molecule has 0 spiro atoms. The van der Waals surface area contributed by atoms with Crippen LogP contribution < -0.4 is 10.6 Å². The molecule has 1 unspecified atom stereocenters. The minimum Gasteiger partial charge on any atom is -0.374 e. The first-order chi connectivity index (χ1) is 8.66. The number of carbonyl (C=O) groups is 1. The standard InChI is InChI=1S/C12H14BrFN2O2/c13-11-5-8(14)1-2-10(11)12(17)16-7-9-6-15-3-4-18-9/h1-2,5,9,15H,3-4,6-7H2,(H,16,17). The van der Waals surface area contributed by atoms with Gasteiger partial charge in [0.2, 0.25) is 0 Å². The van der Waals surface area contributed by atoms with Gasteiger partial charge in [-0.1, -0.05) is 0 Å². The lowest BCUT2D eigenvalue weighted by Gasteiger charge is -2.23. The van der Waals surface area contributed by atoms with Crippen molar-refractivity contribution in [3.8, 4) is 0 Å². The van der Waals surface area contributed by atoms with E-state index in [0.29, 0.717) is 23.2 Å². The van der Waals surface area contributed by atoms with Crippen molar-refractivity contribution in [2.75, 3.05) is 26.2 Å². The van der Waals surface area contributed by atoms with Gasteiger partial charge >= 0.3 is 0 Å². The summed E-state index contributed by atoms with van der Waals surface area (Å²) in [6.07, 6.45) is -0.0121. The summed E-state index contributed by atoms with van der Waals surface area (Å²) in [4.78, 5) is 11.9. The quantitative estimate of drug-likeness (QED) is 0.884. The lowest BCUT2D eigenvalue weighted by Crippen LogP contribution is -2.45. The number of carbonyl (C=O) groups excluding carboxylic acids is 1. The van der Waals surface area contributed by atoms with Crippen LogP contribution in [0.2, 0.25) is 0 Å². The summed E-state index contributed by atoms with van der Waals surface area (Å²) in [6.45, 7) is 2.66. The molecule has 1 heterocycles. The van der Waals surface area contributed by atoms with Gasteiger partial charge in [0.15, 0.2) is 0 Å². The third kappa shape index (κ3) is 3.51. The Morgan fingerprint density at radius 2 is 2.44 bits per heavy atom. The predicted octanol–water partition coefficient (Wildman–Crippen LogP) is 1.31. The summed E-state index contributed by atoms with van der Waals surface area (Å²) in [6, 6.07) is 3.99. The van der Waals surface area contributed by atoms with Crippen LogP contribution in [-0.2, 0) is 4.74 Å². The average molecular weight is 317 g/mol. The molecule has 0 bridgehead atoms. The minimum absolute atomic E-state index is 0.0121. The van der Waals surface area contributed by atoms with Crippen LogP contribution in [0, 0.1) is 5.82 Å². The Morgan fingerprint density at radius 1 is 1.61 bits per heavy atom. The van der Waals surface area contributed by atoms with Crippen molar-refractivity contribution in [2.24, 2.45) is 0 Å². The third-order valence-corrected chi connectivity index (χ3v) is 3.33. The third-order valence-electron chi connectivity index (χ3n) is 2.67. The van der Waals surface area contributed by atoms with Crippen molar-refractivity contribution in [1.29, 1.82) is 0 Å². The number of benzene rings is 1. The first kappa shape index (κ1) is 13.5. The molecule has 2 N–H and O–H groups in total. The molecule has 1 aromatic carbocycles. The molecule has 1 aliphatic rings. The zero-order valence-electron chi connectivity index (χ0n) is 9.71. The molecule has 2 rings (SSSR count). The van der Waals surface area contributed by atoms with Crippen molar-refractivity contribution in [1.82, 2.24) is 10.6 Å². The van der Waals surface area contributed by atoms with Gasteiger partial charge in [0.25, 0.3) is 5.91 Å². The fourth-order valence-corrected chi connectivity index (χ4v) is 2.26. The van der Waals surface area contributed by atoms with Crippen LogP contribution in [0.4, 0.5) is 4.39 Å². The lowest BCUT2D eigenvalue weighted by atomic mass is 10.2. The van der Waals surface area contributed by atoms with Gasteiger partial charge < -0.3 is 15.4 Å². The normalized spacial score (nSPS) is 19.6. The van der Waals surface area contributed by atoms with Crippen LogP contribution in [0.15, 0.2) is 22.7 Å². The second-order valence-corrected chi connectivity index (χ2v) is 4.89. The molecular weight excluding hydrogens is 303 g/mol. The van der Waals surface area contributed by atoms with Gasteiger partial charge in [-0.3, -0.25) is 4.79 Å². The topological polar surface area (TPSA) is 50.4 Å². The van der Waals surface area contributed by atoms with Gasteiger partial charge in [-0.25, -0.2) is 4.39 Å². The Hall–Kier alpha value is -0.980. The van der Waals surface area contributed by atoms with E-state index in [0.717, 1.165) is 13.1 Å². The number of nitrogens with one attached hydrogen (secondary N) is 2. The summed E-state index contributed by atoms with van der Waals surface area (Å²) in [7, 11) is 0. The lowest BCUT2D eigenvalue weighted by molar-refractivity contribution is 0.0287. The van der Waals surface area contributed by atoms with Gasteiger partial charge in [-0.05, 0) is 34.1 Å². The van der Waals surface area contributed by atoms with Crippen molar-refractivity contribution in [3.63, 3.8) is 0 Å². The average Bonchev–Trinajstić information content (AvgIpc) is 2.37. The Labute approximate surface area is 113 Å². The Balaban J connectivity index is 1.90. The van der Waals surface area contributed by atoms with E-state index < -0.39 is 0 Å². The maximum Gasteiger partial charge on any atom is 0.252 e. The second kappa shape index (κ2) is 6.26. The summed E-state index contributed by atoms with van der Waals surface area (Å²) in [5, 5.41) is 5.95. The van der Waals surface area contributed by atoms with E-state index in [1.807, 2.05) is 0 Å². The number of amides is 1. The first-order valence-electron chi connectivity index (χ1n) is 5.72. The smallest absolute Gasteiger partial charge is 0.252 e. The van der Waals surface area contributed by atoms with Crippen molar-refractivity contribution in [3.05, 3.63) is 34.1 Å². The number of ether oxygens (including phenoxy) is 1. The molecule has 0 aliphatic carbocycles. The highest BCUT2D eigenvalue weighted by atomic mass is 79.9. The molecule has 98 valence electrons. The molecule has 1 aromatic rings. The highest BCUT2D eigenvalue weighted by Gasteiger charge is 2.16. The number of hydrogen-bond acceptors (Lipinski definition) is 3. The summed E-state index contributed by atoms with van der Waals surface area (Å²) in [5.41, 5.74) is 0.417. The van der Waals surface area contributed by atoms with Gasteiger partial charge in [0.1, 0.15) is 5.82 Å². The zero-order valence-corrected chi connectivity index (χ0v) is 11.3. The van der Waals surface area contributed by atoms with Gasteiger partial charge in [-0.15, -0.1) is 0 Å². The SMILES string of the molecule is O=C(NCC1CNCCO1)c1ccc(F)cc1Br. The van der Waals surface area contributed by atoms with Crippen molar-refractivity contribution < 1.29 is 13.9 Å². The molecule has 6 heteroatoms. The van der Waals surface area contributed by atoms with E-state index in [4.69, 9.17) is 4.74 Å². The van der Waals surface area contributed by atoms with Crippen LogP contribution in [0.5, 0.6) is 0 Å². The molecule has 1 saturated heterocycles. The number of halogens is 2. The van der Waals surface area contributed by atoms with Crippen LogP contribution in [-0.4, -0.2) is 38.3 Å². The van der Waals surface area contributed by atoms with Gasteiger partial charge in [0.05, 0.1) is 18.3 Å². The Morgan fingerprint density at radius 3 is 3.11 bits per heavy atom. The van der Waals surface area contributed by atoms with Crippen LogP contribution in [0.1, 0.15) is 10.4 Å². The molecule has 18 heavy (non-hydrogen) atoms. The maximum absolute atomic E-state index is 12.9. The molecular formula is C12H14BrFN2O2. The molecule has 0 aromatic heterocycles.